The van der Waals surface area contributed by atoms with Gasteiger partial charge in [0, 0.05) is 11.5 Å². The van der Waals surface area contributed by atoms with Crippen molar-refractivity contribution in [1.29, 1.82) is 5.26 Å². The highest BCUT2D eigenvalue weighted by molar-refractivity contribution is 5.87. The zero-order valence-corrected chi connectivity index (χ0v) is 10.4. The Bertz CT molecular complexity index is 671. The number of nitrogens with zero attached hydrogens (tertiary/aromatic N) is 2. The van der Waals surface area contributed by atoms with Crippen molar-refractivity contribution >= 4 is 22.9 Å². The maximum absolute atomic E-state index is 11.4. The molecule has 0 saturated heterocycles. The van der Waals surface area contributed by atoms with Gasteiger partial charge in [-0.05, 0) is 25.1 Å². The third kappa shape index (κ3) is 3.39. The average molecular weight is 252 g/mol. The molecule has 0 bridgehead atoms. The first-order valence-corrected chi connectivity index (χ1v) is 5.83. The highest BCUT2D eigenvalue weighted by atomic mass is 16.5. The van der Waals surface area contributed by atoms with Crippen LogP contribution in [0.4, 0.5) is 0 Å². The minimum absolute atomic E-state index is 0.552. The number of para-hydroxylation sites is 1. The maximum atomic E-state index is 11.4. The highest BCUT2D eigenvalue weighted by Gasteiger charge is 2.04. The first kappa shape index (κ1) is 12.8. The van der Waals surface area contributed by atoms with E-state index in [2.05, 4.69) is 4.98 Å². The van der Waals surface area contributed by atoms with Crippen molar-refractivity contribution < 1.29 is 9.53 Å². The van der Waals surface area contributed by atoms with Crippen LogP contribution in [-0.2, 0) is 9.53 Å². The van der Waals surface area contributed by atoms with Gasteiger partial charge in [0.2, 0.25) is 0 Å². The summed E-state index contributed by atoms with van der Waals surface area (Å²) in [4.78, 5) is 15.7. The van der Waals surface area contributed by atoms with Crippen LogP contribution in [-0.4, -0.2) is 17.1 Å². The summed E-state index contributed by atoms with van der Waals surface area (Å²) in [5.41, 5.74) is 1.53. The molecule has 0 aliphatic rings. The van der Waals surface area contributed by atoms with Gasteiger partial charge in [-0.15, -0.1) is 0 Å². The first-order valence-electron chi connectivity index (χ1n) is 5.83. The standard InChI is InChI=1S/C15H12N2O2/c1-11(10-16)19-15(18)9-8-13-7-6-12-4-2-3-5-14(12)17-13/h2-9,11H,1H3/b9-8+/t11-/m0/s1. The topological polar surface area (TPSA) is 63.0 Å². The fraction of sp³-hybridized carbons (Fsp3) is 0.133. The van der Waals surface area contributed by atoms with Crippen LogP contribution >= 0.6 is 0 Å². The Hall–Kier alpha value is -2.67. The summed E-state index contributed by atoms with van der Waals surface area (Å²) in [6.07, 6.45) is 2.09. The lowest BCUT2D eigenvalue weighted by Gasteiger charge is -2.01. The minimum Gasteiger partial charge on any atom is -0.444 e. The second-order valence-corrected chi connectivity index (χ2v) is 3.97. The second-order valence-electron chi connectivity index (χ2n) is 3.97. The lowest BCUT2D eigenvalue weighted by molar-refractivity contribution is -0.139. The lowest BCUT2D eigenvalue weighted by Crippen LogP contribution is -2.10. The van der Waals surface area contributed by atoms with E-state index in [1.54, 1.807) is 6.08 Å². The Morgan fingerprint density at radius 3 is 2.95 bits per heavy atom. The number of carbonyl (C=O) groups excluding carboxylic acids is 1. The molecule has 0 N–H and O–H groups in total. The molecule has 19 heavy (non-hydrogen) atoms. The number of carbonyl (C=O) groups is 1. The van der Waals surface area contributed by atoms with Gasteiger partial charge in [0.05, 0.1) is 11.2 Å². The van der Waals surface area contributed by atoms with Crippen molar-refractivity contribution in [3.63, 3.8) is 0 Å². The number of esters is 1. The van der Waals surface area contributed by atoms with Gasteiger partial charge in [0.1, 0.15) is 6.07 Å². The Labute approximate surface area is 111 Å². The van der Waals surface area contributed by atoms with Gasteiger partial charge in [-0.25, -0.2) is 9.78 Å². The first-order chi connectivity index (χ1) is 9.19. The van der Waals surface area contributed by atoms with Gasteiger partial charge in [0.25, 0.3) is 0 Å². The van der Waals surface area contributed by atoms with Crippen LogP contribution in [0.1, 0.15) is 12.6 Å². The van der Waals surface area contributed by atoms with E-state index < -0.39 is 12.1 Å². The van der Waals surface area contributed by atoms with Crippen molar-refractivity contribution in [2.45, 2.75) is 13.0 Å². The molecule has 0 fully saturated rings. The van der Waals surface area contributed by atoms with Gasteiger partial charge >= 0.3 is 5.97 Å². The van der Waals surface area contributed by atoms with Crippen LogP contribution in [0.5, 0.6) is 0 Å². The Balaban J connectivity index is 2.13. The van der Waals surface area contributed by atoms with E-state index in [9.17, 15) is 4.79 Å². The van der Waals surface area contributed by atoms with E-state index in [0.29, 0.717) is 5.69 Å². The van der Waals surface area contributed by atoms with Crippen molar-refractivity contribution in [2.75, 3.05) is 0 Å². The number of nitriles is 1. The molecule has 0 aliphatic heterocycles. The highest BCUT2D eigenvalue weighted by Crippen LogP contribution is 2.12. The molecule has 4 nitrogen and oxygen atoms in total. The average Bonchev–Trinajstić information content (AvgIpc) is 2.44. The smallest absolute Gasteiger partial charge is 0.332 e. The number of ether oxygens (including phenoxy) is 1. The van der Waals surface area contributed by atoms with Gasteiger partial charge in [0.15, 0.2) is 6.10 Å². The Morgan fingerprint density at radius 1 is 1.37 bits per heavy atom. The molecular weight excluding hydrogens is 240 g/mol. The Morgan fingerprint density at radius 2 is 2.16 bits per heavy atom. The summed E-state index contributed by atoms with van der Waals surface area (Å²) < 4.78 is 4.79. The molecule has 0 unspecified atom stereocenters. The van der Waals surface area contributed by atoms with E-state index in [1.807, 2.05) is 42.5 Å². The van der Waals surface area contributed by atoms with E-state index in [0.717, 1.165) is 10.9 Å². The van der Waals surface area contributed by atoms with Crippen LogP contribution in [0.2, 0.25) is 0 Å². The molecular formula is C15H12N2O2. The number of hydrogen-bond acceptors (Lipinski definition) is 4. The van der Waals surface area contributed by atoms with Crippen LogP contribution in [0, 0.1) is 11.3 Å². The molecule has 0 spiro atoms. The molecule has 1 aromatic heterocycles. The molecule has 1 heterocycles. The van der Waals surface area contributed by atoms with Crippen molar-refractivity contribution in [1.82, 2.24) is 4.98 Å². The van der Waals surface area contributed by atoms with Crippen LogP contribution < -0.4 is 0 Å². The summed E-state index contributed by atoms with van der Waals surface area (Å²) in [6, 6.07) is 13.3. The van der Waals surface area contributed by atoms with Crippen molar-refractivity contribution in [3.05, 3.63) is 48.2 Å². The molecule has 2 aromatic rings. The van der Waals surface area contributed by atoms with E-state index in [1.165, 1.54) is 13.0 Å². The van der Waals surface area contributed by atoms with Gasteiger partial charge in [-0.1, -0.05) is 24.3 Å². The monoisotopic (exact) mass is 252 g/mol. The summed E-state index contributed by atoms with van der Waals surface area (Å²) in [5, 5.41) is 9.57. The number of benzene rings is 1. The van der Waals surface area contributed by atoms with E-state index >= 15 is 0 Å². The van der Waals surface area contributed by atoms with Crippen LogP contribution in [0.25, 0.3) is 17.0 Å². The Kier molecular flexibility index (Phi) is 3.89. The number of rotatable bonds is 3. The summed E-state index contributed by atoms with van der Waals surface area (Å²) >= 11 is 0. The summed E-state index contributed by atoms with van der Waals surface area (Å²) in [5.74, 6) is -0.552. The number of hydrogen-bond donors (Lipinski definition) is 0. The van der Waals surface area contributed by atoms with E-state index in [-0.39, 0.29) is 0 Å². The quantitative estimate of drug-likeness (QED) is 0.622. The molecule has 1 atom stereocenters. The number of pyridine rings is 1. The SMILES string of the molecule is C[C@@H](C#N)OC(=O)/C=C/c1ccc2ccccc2n1. The largest absolute Gasteiger partial charge is 0.444 e. The zero-order chi connectivity index (χ0) is 13.7. The second kappa shape index (κ2) is 5.78. The predicted octanol–water partition coefficient (Wildman–Crippen LogP) is 2.70. The summed E-state index contributed by atoms with van der Waals surface area (Å²) in [6.45, 7) is 1.51. The van der Waals surface area contributed by atoms with E-state index in [4.69, 9.17) is 10.00 Å². The van der Waals surface area contributed by atoms with Crippen molar-refractivity contribution in [3.8, 4) is 6.07 Å². The molecule has 94 valence electrons. The maximum Gasteiger partial charge on any atom is 0.332 e. The fourth-order valence-electron chi connectivity index (χ4n) is 1.57. The molecule has 0 saturated carbocycles. The zero-order valence-electron chi connectivity index (χ0n) is 10.4. The lowest BCUT2D eigenvalue weighted by atomic mass is 10.2. The van der Waals surface area contributed by atoms with Gasteiger partial charge in [-0.3, -0.25) is 0 Å². The molecule has 0 radical (unpaired) electrons. The number of aromatic nitrogens is 1. The van der Waals surface area contributed by atoms with Crippen LogP contribution in [0.3, 0.4) is 0 Å². The molecule has 0 aliphatic carbocycles. The van der Waals surface area contributed by atoms with Crippen molar-refractivity contribution in [2.24, 2.45) is 0 Å². The molecule has 4 heteroatoms. The fourth-order valence-corrected chi connectivity index (χ4v) is 1.57. The third-order valence-electron chi connectivity index (χ3n) is 2.48. The number of fused-ring (bicyclic) bond motifs is 1. The minimum atomic E-state index is -0.748. The van der Waals surface area contributed by atoms with Crippen LogP contribution in [0.15, 0.2) is 42.5 Å². The molecule has 2 rings (SSSR count). The normalized spacial score (nSPS) is 12.2. The van der Waals surface area contributed by atoms with Gasteiger partial charge in [-0.2, -0.15) is 5.26 Å². The third-order valence-corrected chi connectivity index (χ3v) is 2.48. The summed E-state index contributed by atoms with van der Waals surface area (Å²) in [7, 11) is 0. The molecule has 0 amide bonds. The van der Waals surface area contributed by atoms with Gasteiger partial charge < -0.3 is 4.74 Å². The molecule has 1 aromatic carbocycles. The predicted molar refractivity (Wildman–Crippen MR) is 71.9 cm³/mol.